The lowest BCUT2D eigenvalue weighted by Gasteiger charge is -2.41. The van der Waals surface area contributed by atoms with Gasteiger partial charge in [-0.05, 0) is 50.8 Å². The van der Waals surface area contributed by atoms with Crippen LogP contribution < -0.4 is 5.43 Å². The van der Waals surface area contributed by atoms with E-state index in [9.17, 15) is 0 Å². The normalized spacial score (nSPS) is 26.3. The number of benzene rings is 1. The van der Waals surface area contributed by atoms with Gasteiger partial charge in [-0.15, -0.1) is 0 Å². The first-order valence-electron chi connectivity index (χ1n) is 7.41. The zero-order valence-corrected chi connectivity index (χ0v) is 13.8. The molecule has 0 radical (unpaired) electrons. The molecule has 1 heterocycles. The van der Waals surface area contributed by atoms with Crippen molar-refractivity contribution in [3.8, 4) is 0 Å². The van der Waals surface area contributed by atoms with Crippen LogP contribution in [0.4, 0.5) is 0 Å². The summed E-state index contributed by atoms with van der Waals surface area (Å²) in [5, 5.41) is 2.47. The summed E-state index contributed by atoms with van der Waals surface area (Å²) in [4.78, 5) is 0. The van der Waals surface area contributed by atoms with Crippen LogP contribution in [0.1, 0.15) is 58.1 Å². The topological polar surface area (TPSA) is 15.3 Å². The Kier molecular flexibility index (Phi) is 5.43. The minimum atomic E-state index is 0.413. The Bertz CT molecular complexity index is 380. The predicted molar refractivity (Wildman–Crippen MR) is 84.9 cm³/mol. The number of hydrogen-bond donors (Lipinski definition) is 1. The van der Waals surface area contributed by atoms with E-state index in [1.54, 1.807) is 0 Å². The Morgan fingerprint density at radius 1 is 1.21 bits per heavy atom. The van der Waals surface area contributed by atoms with Crippen LogP contribution in [0.15, 0.2) is 28.7 Å². The van der Waals surface area contributed by atoms with Gasteiger partial charge in [0.2, 0.25) is 0 Å². The summed E-state index contributed by atoms with van der Waals surface area (Å²) in [5.74, 6) is 0. The van der Waals surface area contributed by atoms with Crippen LogP contribution in [0.5, 0.6) is 0 Å². The summed E-state index contributed by atoms with van der Waals surface area (Å²) in [6.07, 6.45) is 5.06. The lowest BCUT2D eigenvalue weighted by molar-refractivity contribution is 0.0284. The number of hydrogen-bond acceptors (Lipinski definition) is 2. The third-order valence-electron chi connectivity index (χ3n) is 4.18. The van der Waals surface area contributed by atoms with Crippen molar-refractivity contribution in [2.24, 2.45) is 0 Å². The van der Waals surface area contributed by atoms with Gasteiger partial charge in [-0.25, -0.2) is 10.4 Å². The molecule has 19 heavy (non-hydrogen) atoms. The zero-order chi connectivity index (χ0) is 13.8. The zero-order valence-electron chi connectivity index (χ0n) is 12.2. The summed E-state index contributed by atoms with van der Waals surface area (Å²) >= 11 is 3.50. The first-order valence-corrected chi connectivity index (χ1v) is 8.21. The molecule has 1 aliphatic heterocycles. The highest BCUT2D eigenvalue weighted by atomic mass is 79.9. The van der Waals surface area contributed by atoms with E-state index in [0.29, 0.717) is 18.1 Å². The van der Waals surface area contributed by atoms with E-state index in [1.807, 2.05) is 0 Å². The molecule has 0 aromatic heterocycles. The number of hydrazine groups is 1. The predicted octanol–water partition coefficient (Wildman–Crippen LogP) is 4.67. The SMILES string of the molecule is CCC(NN1C(C)CCCC1C)c1ccc(Br)cc1. The van der Waals surface area contributed by atoms with Crippen LogP contribution in [0.25, 0.3) is 0 Å². The van der Waals surface area contributed by atoms with E-state index < -0.39 is 0 Å². The Labute approximate surface area is 125 Å². The molecule has 0 saturated carbocycles. The van der Waals surface area contributed by atoms with Crippen LogP contribution in [0.2, 0.25) is 0 Å². The monoisotopic (exact) mass is 324 g/mol. The van der Waals surface area contributed by atoms with Crippen LogP contribution in [0.3, 0.4) is 0 Å². The van der Waals surface area contributed by atoms with E-state index in [2.05, 4.69) is 71.4 Å². The molecule has 0 bridgehead atoms. The summed E-state index contributed by atoms with van der Waals surface area (Å²) in [6, 6.07) is 10.4. The maximum atomic E-state index is 3.76. The maximum Gasteiger partial charge on any atom is 0.0462 e. The van der Waals surface area contributed by atoms with Crippen molar-refractivity contribution in [3.05, 3.63) is 34.3 Å². The van der Waals surface area contributed by atoms with E-state index in [0.717, 1.165) is 10.9 Å². The standard InChI is InChI=1S/C16H25BrN2/c1-4-16(14-8-10-15(17)11-9-14)18-19-12(2)6-5-7-13(19)3/h8-13,16,18H,4-7H2,1-3H3. The van der Waals surface area contributed by atoms with E-state index in [1.165, 1.54) is 24.8 Å². The Morgan fingerprint density at radius 2 is 1.79 bits per heavy atom. The highest BCUT2D eigenvalue weighted by Gasteiger charge is 2.26. The van der Waals surface area contributed by atoms with Crippen molar-refractivity contribution < 1.29 is 0 Å². The van der Waals surface area contributed by atoms with E-state index >= 15 is 0 Å². The molecular weight excluding hydrogens is 300 g/mol. The Balaban J connectivity index is 2.07. The van der Waals surface area contributed by atoms with E-state index in [-0.39, 0.29) is 0 Å². The molecule has 1 saturated heterocycles. The fourth-order valence-electron chi connectivity index (χ4n) is 2.95. The van der Waals surface area contributed by atoms with Crippen molar-refractivity contribution in [2.45, 2.75) is 64.6 Å². The first-order chi connectivity index (χ1) is 9.11. The molecule has 1 aromatic rings. The quantitative estimate of drug-likeness (QED) is 0.865. The minimum Gasteiger partial charge on any atom is -0.247 e. The Morgan fingerprint density at radius 3 is 2.32 bits per heavy atom. The molecule has 1 aromatic carbocycles. The smallest absolute Gasteiger partial charge is 0.0462 e. The van der Waals surface area contributed by atoms with Crippen molar-refractivity contribution in [1.82, 2.24) is 10.4 Å². The summed E-state index contributed by atoms with van der Waals surface area (Å²) in [5.41, 5.74) is 5.13. The molecule has 3 atom stereocenters. The average molecular weight is 325 g/mol. The van der Waals surface area contributed by atoms with Gasteiger partial charge in [-0.3, -0.25) is 0 Å². The van der Waals surface area contributed by atoms with Crippen molar-refractivity contribution in [3.63, 3.8) is 0 Å². The summed E-state index contributed by atoms with van der Waals surface area (Å²) < 4.78 is 1.14. The third-order valence-corrected chi connectivity index (χ3v) is 4.71. The van der Waals surface area contributed by atoms with Crippen molar-refractivity contribution in [2.75, 3.05) is 0 Å². The molecule has 1 fully saturated rings. The van der Waals surface area contributed by atoms with Gasteiger partial charge < -0.3 is 0 Å². The first kappa shape index (κ1) is 15.0. The molecule has 0 spiro atoms. The van der Waals surface area contributed by atoms with Gasteiger partial charge in [0.1, 0.15) is 0 Å². The van der Waals surface area contributed by atoms with Crippen molar-refractivity contribution >= 4 is 15.9 Å². The average Bonchev–Trinajstić information content (AvgIpc) is 2.40. The van der Waals surface area contributed by atoms with Gasteiger partial charge in [0.25, 0.3) is 0 Å². The molecular formula is C16H25BrN2. The summed E-state index contributed by atoms with van der Waals surface area (Å²) in [6.45, 7) is 6.91. The van der Waals surface area contributed by atoms with Crippen LogP contribution in [-0.2, 0) is 0 Å². The van der Waals surface area contributed by atoms with Gasteiger partial charge in [0.15, 0.2) is 0 Å². The highest BCUT2D eigenvalue weighted by Crippen LogP contribution is 2.25. The Hall–Kier alpha value is -0.380. The van der Waals surface area contributed by atoms with Crippen molar-refractivity contribution in [1.29, 1.82) is 0 Å². The number of halogens is 1. The number of rotatable bonds is 4. The second-order valence-corrected chi connectivity index (χ2v) is 6.59. The molecule has 3 heteroatoms. The second-order valence-electron chi connectivity index (χ2n) is 5.68. The number of piperidine rings is 1. The molecule has 2 rings (SSSR count). The van der Waals surface area contributed by atoms with Gasteiger partial charge in [-0.2, -0.15) is 0 Å². The molecule has 0 aliphatic carbocycles. The van der Waals surface area contributed by atoms with Crippen LogP contribution in [-0.4, -0.2) is 17.1 Å². The third kappa shape index (κ3) is 3.80. The molecule has 3 unspecified atom stereocenters. The molecule has 1 aliphatic rings. The minimum absolute atomic E-state index is 0.413. The van der Waals surface area contributed by atoms with Crippen LogP contribution >= 0.6 is 15.9 Å². The second kappa shape index (κ2) is 6.87. The van der Waals surface area contributed by atoms with Gasteiger partial charge in [-0.1, -0.05) is 41.4 Å². The van der Waals surface area contributed by atoms with Gasteiger partial charge in [0, 0.05) is 22.6 Å². The number of nitrogens with one attached hydrogen (secondary N) is 1. The number of nitrogens with zero attached hydrogens (tertiary/aromatic N) is 1. The fourth-order valence-corrected chi connectivity index (χ4v) is 3.22. The summed E-state index contributed by atoms with van der Waals surface area (Å²) in [7, 11) is 0. The molecule has 1 N–H and O–H groups in total. The lowest BCUT2D eigenvalue weighted by atomic mass is 9.99. The lowest BCUT2D eigenvalue weighted by Crippen LogP contribution is -2.53. The van der Waals surface area contributed by atoms with Gasteiger partial charge in [0.05, 0.1) is 0 Å². The molecule has 0 amide bonds. The van der Waals surface area contributed by atoms with Gasteiger partial charge >= 0.3 is 0 Å². The largest absolute Gasteiger partial charge is 0.247 e. The maximum absolute atomic E-state index is 3.76. The van der Waals surface area contributed by atoms with E-state index in [4.69, 9.17) is 0 Å². The van der Waals surface area contributed by atoms with Crippen LogP contribution in [0, 0.1) is 0 Å². The molecule has 2 nitrogen and oxygen atoms in total. The fraction of sp³-hybridized carbons (Fsp3) is 0.625. The molecule has 106 valence electrons. The highest BCUT2D eigenvalue weighted by molar-refractivity contribution is 9.10.